The van der Waals surface area contributed by atoms with Gasteiger partial charge in [0.05, 0.1) is 26.0 Å². The fraction of sp³-hybridized carbons (Fsp3) is 0.455. The predicted molar refractivity (Wildman–Crippen MR) is 110 cm³/mol. The van der Waals surface area contributed by atoms with Crippen molar-refractivity contribution in [2.45, 2.75) is 40.0 Å². The van der Waals surface area contributed by atoms with Crippen molar-refractivity contribution >= 4 is 12.1 Å². The molecule has 0 bridgehead atoms. The fourth-order valence-corrected chi connectivity index (χ4v) is 3.09. The Morgan fingerprint density at radius 2 is 1.76 bits per heavy atom. The molecular formula is C22H28N2O5. The number of ether oxygens (including phenoxy) is 3. The molecule has 1 fully saturated rings. The summed E-state index contributed by atoms with van der Waals surface area (Å²) in [4.78, 5) is 12.6. The van der Waals surface area contributed by atoms with Crippen LogP contribution in [0.15, 0.2) is 33.8 Å². The lowest BCUT2D eigenvalue weighted by Crippen LogP contribution is -2.18. The molecule has 0 saturated heterocycles. The lowest BCUT2D eigenvalue weighted by atomic mass is 10.1. The smallest absolute Gasteiger partial charge is 0.271 e. The number of hydrogen-bond donors (Lipinski definition) is 1. The minimum atomic E-state index is -0.381. The minimum absolute atomic E-state index is 0.365. The number of hydrazone groups is 1. The number of benzene rings is 1. The van der Waals surface area contributed by atoms with E-state index < -0.39 is 0 Å². The highest BCUT2D eigenvalue weighted by Gasteiger charge is 2.36. The monoisotopic (exact) mass is 400 g/mol. The molecule has 1 aliphatic rings. The van der Waals surface area contributed by atoms with Crippen LogP contribution in [0.25, 0.3) is 0 Å². The predicted octanol–water partition coefficient (Wildman–Crippen LogP) is 4.36. The number of rotatable bonds is 10. The first kappa shape index (κ1) is 20.8. The average molecular weight is 400 g/mol. The van der Waals surface area contributed by atoms with Gasteiger partial charge in [0.2, 0.25) is 5.75 Å². The fourth-order valence-electron chi connectivity index (χ4n) is 3.09. The van der Waals surface area contributed by atoms with Crippen LogP contribution in [0.5, 0.6) is 17.2 Å². The number of carbonyl (C=O) groups is 1. The summed E-state index contributed by atoms with van der Waals surface area (Å²) in [7, 11) is 0. The van der Waals surface area contributed by atoms with Crippen molar-refractivity contribution in [1.29, 1.82) is 0 Å². The van der Waals surface area contributed by atoms with E-state index in [0.717, 1.165) is 12.2 Å². The van der Waals surface area contributed by atoms with E-state index in [1.807, 2.05) is 32.9 Å². The third-order valence-corrected chi connectivity index (χ3v) is 4.65. The molecule has 1 heterocycles. The summed E-state index contributed by atoms with van der Waals surface area (Å²) in [6, 6.07) is 7.07. The molecule has 0 radical (unpaired) electrons. The Kier molecular flexibility index (Phi) is 6.80. The Labute approximate surface area is 171 Å². The zero-order valence-electron chi connectivity index (χ0n) is 17.4. The molecule has 1 N–H and O–H groups in total. The lowest BCUT2D eigenvalue weighted by molar-refractivity contribution is 0.0954. The van der Waals surface area contributed by atoms with Gasteiger partial charge in [-0.05, 0) is 57.4 Å². The molecule has 0 aliphatic heterocycles. The summed E-state index contributed by atoms with van der Waals surface area (Å²) in [5, 5.41) is 4.01. The van der Waals surface area contributed by atoms with Gasteiger partial charge in [0, 0.05) is 11.5 Å². The van der Waals surface area contributed by atoms with E-state index in [1.165, 1.54) is 6.21 Å². The highest BCUT2D eigenvalue weighted by molar-refractivity contribution is 5.96. The van der Waals surface area contributed by atoms with Gasteiger partial charge in [-0.25, -0.2) is 5.43 Å². The molecule has 1 amide bonds. The van der Waals surface area contributed by atoms with Crippen LogP contribution in [0.1, 0.15) is 61.9 Å². The van der Waals surface area contributed by atoms with Gasteiger partial charge in [-0.3, -0.25) is 4.79 Å². The van der Waals surface area contributed by atoms with Crippen LogP contribution in [0.4, 0.5) is 0 Å². The molecular weight excluding hydrogens is 372 g/mol. The van der Waals surface area contributed by atoms with E-state index in [9.17, 15) is 4.79 Å². The largest absolute Gasteiger partial charge is 0.490 e. The molecule has 29 heavy (non-hydrogen) atoms. The van der Waals surface area contributed by atoms with E-state index in [2.05, 4.69) is 17.5 Å². The van der Waals surface area contributed by atoms with Gasteiger partial charge in [-0.15, -0.1) is 0 Å². The van der Waals surface area contributed by atoms with E-state index in [1.54, 1.807) is 12.1 Å². The Hall–Kier alpha value is -2.96. The number of amides is 1. The second kappa shape index (κ2) is 9.49. The van der Waals surface area contributed by atoms with Crippen LogP contribution >= 0.6 is 0 Å². The van der Waals surface area contributed by atoms with Crippen molar-refractivity contribution in [3.63, 3.8) is 0 Å². The SMILES string of the molecule is CCOc1cc(C(=O)N/N=C\c2ccc([C@H]3C[C@@H]3C)o2)cc(OCC)c1OCC. The van der Waals surface area contributed by atoms with Crippen molar-refractivity contribution < 1.29 is 23.4 Å². The molecule has 156 valence electrons. The highest BCUT2D eigenvalue weighted by Crippen LogP contribution is 2.47. The van der Waals surface area contributed by atoms with E-state index in [0.29, 0.717) is 60.2 Å². The van der Waals surface area contributed by atoms with Gasteiger partial charge in [0.15, 0.2) is 11.5 Å². The summed E-state index contributed by atoms with van der Waals surface area (Å²) in [5.41, 5.74) is 2.88. The number of furan rings is 1. The zero-order valence-corrected chi connectivity index (χ0v) is 17.4. The quantitative estimate of drug-likeness (QED) is 0.473. The first-order chi connectivity index (χ1) is 14.1. The summed E-state index contributed by atoms with van der Waals surface area (Å²) >= 11 is 0. The average Bonchev–Trinajstić information content (AvgIpc) is 3.24. The standard InChI is InChI=1S/C22H28N2O5/c1-5-26-19-11-15(12-20(27-6-2)21(19)28-7-3)22(25)24-23-13-16-8-9-18(29-16)17-10-14(17)4/h8-9,11-14,17H,5-7,10H2,1-4H3,(H,24,25)/b23-13-/t14-,17-/m0/s1. The number of hydrogen-bond acceptors (Lipinski definition) is 6. The summed E-state index contributed by atoms with van der Waals surface area (Å²) < 4.78 is 22.7. The van der Waals surface area contributed by atoms with Gasteiger partial charge in [-0.2, -0.15) is 5.10 Å². The summed E-state index contributed by atoms with van der Waals surface area (Å²) in [5.74, 6) is 3.79. The third-order valence-electron chi connectivity index (χ3n) is 4.65. The van der Waals surface area contributed by atoms with Crippen molar-refractivity contribution in [1.82, 2.24) is 5.43 Å². The maximum absolute atomic E-state index is 12.6. The molecule has 0 spiro atoms. The maximum Gasteiger partial charge on any atom is 0.271 e. The third kappa shape index (κ3) is 5.10. The lowest BCUT2D eigenvalue weighted by Gasteiger charge is -2.16. The van der Waals surface area contributed by atoms with Crippen LogP contribution in [-0.4, -0.2) is 31.9 Å². The van der Waals surface area contributed by atoms with E-state index in [-0.39, 0.29) is 5.91 Å². The topological polar surface area (TPSA) is 82.3 Å². The molecule has 0 unspecified atom stereocenters. The van der Waals surface area contributed by atoms with Crippen LogP contribution in [-0.2, 0) is 0 Å². The first-order valence-electron chi connectivity index (χ1n) is 10.1. The number of nitrogens with zero attached hydrogens (tertiary/aromatic N) is 1. The van der Waals surface area contributed by atoms with Crippen LogP contribution < -0.4 is 19.6 Å². The van der Waals surface area contributed by atoms with Gasteiger partial charge in [0.25, 0.3) is 5.91 Å². The minimum Gasteiger partial charge on any atom is -0.490 e. The Balaban J connectivity index is 1.72. The van der Waals surface area contributed by atoms with Crippen LogP contribution in [0, 0.1) is 5.92 Å². The van der Waals surface area contributed by atoms with Gasteiger partial charge in [0.1, 0.15) is 11.5 Å². The van der Waals surface area contributed by atoms with Gasteiger partial charge >= 0.3 is 0 Å². The number of nitrogens with one attached hydrogen (secondary N) is 1. The molecule has 1 saturated carbocycles. The highest BCUT2D eigenvalue weighted by atomic mass is 16.5. The molecule has 1 aromatic carbocycles. The Morgan fingerprint density at radius 1 is 1.14 bits per heavy atom. The second-order valence-corrected chi connectivity index (χ2v) is 6.86. The normalized spacial score (nSPS) is 17.9. The van der Waals surface area contributed by atoms with Crippen LogP contribution in [0.2, 0.25) is 0 Å². The summed E-state index contributed by atoms with van der Waals surface area (Å²) in [6.45, 7) is 9.15. The molecule has 2 atom stereocenters. The van der Waals surface area contributed by atoms with Crippen molar-refractivity contribution in [2.75, 3.05) is 19.8 Å². The van der Waals surface area contributed by atoms with Crippen molar-refractivity contribution in [3.8, 4) is 17.2 Å². The molecule has 1 aromatic heterocycles. The van der Waals surface area contributed by atoms with E-state index >= 15 is 0 Å². The van der Waals surface area contributed by atoms with Crippen LogP contribution in [0.3, 0.4) is 0 Å². The first-order valence-corrected chi connectivity index (χ1v) is 10.1. The summed E-state index contributed by atoms with van der Waals surface area (Å²) in [6.07, 6.45) is 2.65. The Morgan fingerprint density at radius 3 is 2.31 bits per heavy atom. The van der Waals surface area contributed by atoms with Gasteiger partial charge in [-0.1, -0.05) is 6.92 Å². The molecule has 2 aromatic rings. The maximum atomic E-state index is 12.6. The molecule has 3 rings (SSSR count). The molecule has 7 heteroatoms. The number of carbonyl (C=O) groups excluding carboxylic acids is 1. The van der Waals surface area contributed by atoms with Gasteiger partial charge < -0.3 is 18.6 Å². The molecule has 1 aliphatic carbocycles. The van der Waals surface area contributed by atoms with Crippen molar-refractivity contribution in [2.24, 2.45) is 11.0 Å². The van der Waals surface area contributed by atoms with E-state index in [4.69, 9.17) is 18.6 Å². The molecule has 7 nitrogen and oxygen atoms in total. The zero-order chi connectivity index (χ0) is 20.8. The Bertz CT molecular complexity index is 847. The second-order valence-electron chi connectivity index (χ2n) is 6.86. The van der Waals surface area contributed by atoms with Crippen molar-refractivity contribution in [3.05, 3.63) is 41.3 Å².